The molecule has 0 saturated heterocycles. The number of carbonyl (C=O) groups excluding carboxylic acids is 4. The van der Waals surface area contributed by atoms with E-state index in [2.05, 4.69) is 34.6 Å². The van der Waals surface area contributed by atoms with Crippen molar-refractivity contribution in [3.8, 4) is 0 Å². The predicted molar refractivity (Wildman–Crippen MR) is 363 cm³/mol. The van der Waals surface area contributed by atoms with E-state index in [-0.39, 0.29) is 25.7 Å². The number of hydrogen-bond donors (Lipinski definition) is 3. The molecule has 0 heterocycles. The highest BCUT2D eigenvalue weighted by atomic mass is 31.2. The molecule has 0 aromatic rings. The molecule has 0 radical (unpaired) electrons. The molecule has 534 valence electrons. The van der Waals surface area contributed by atoms with Gasteiger partial charge in [0.1, 0.15) is 19.3 Å². The Balaban J connectivity index is 5.21. The van der Waals surface area contributed by atoms with Gasteiger partial charge in [0, 0.05) is 25.7 Å². The second-order valence-electron chi connectivity index (χ2n) is 26.1. The Morgan fingerprint density at radius 1 is 0.300 bits per heavy atom. The summed E-state index contributed by atoms with van der Waals surface area (Å²) >= 11 is 0. The van der Waals surface area contributed by atoms with Crippen molar-refractivity contribution in [2.24, 2.45) is 5.92 Å². The molecule has 0 aliphatic rings. The highest BCUT2D eigenvalue weighted by Gasteiger charge is 2.30. The molecule has 0 bridgehead atoms. The van der Waals surface area contributed by atoms with Gasteiger partial charge in [0.25, 0.3) is 0 Å². The van der Waals surface area contributed by atoms with Gasteiger partial charge in [-0.15, -0.1) is 0 Å². The van der Waals surface area contributed by atoms with Crippen LogP contribution >= 0.6 is 15.6 Å². The first-order valence-corrected chi connectivity index (χ1v) is 40.1. The molecular weight excluding hydrogens is 1190 g/mol. The van der Waals surface area contributed by atoms with Crippen LogP contribution in [0.4, 0.5) is 0 Å². The number of aliphatic hydroxyl groups excluding tert-OH is 1. The van der Waals surface area contributed by atoms with Crippen LogP contribution in [-0.4, -0.2) is 96.7 Å². The highest BCUT2D eigenvalue weighted by Crippen LogP contribution is 2.45. The van der Waals surface area contributed by atoms with Gasteiger partial charge in [0.05, 0.1) is 26.4 Å². The predicted octanol–water partition coefficient (Wildman–Crippen LogP) is 20.5. The van der Waals surface area contributed by atoms with Gasteiger partial charge in [-0.1, -0.05) is 317 Å². The number of esters is 4. The third-order valence-corrected chi connectivity index (χ3v) is 18.4. The van der Waals surface area contributed by atoms with Gasteiger partial charge in [-0.05, 0) is 31.6 Å². The third-order valence-electron chi connectivity index (χ3n) is 16.5. The molecule has 5 atom stereocenters. The molecule has 0 fully saturated rings. The van der Waals surface area contributed by atoms with E-state index in [1.165, 1.54) is 193 Å². The van der Waals surface area contributed by atoms with E-state index < -0.39 is 97.5 Å². The molecule has 0 aliphatic heterocycles. The van der Waals surface area contributed by atoms with Crippen molar-refractivity contribution in [3.63, 3.8) is 0 Å². The molecule has 0 spiro atoms. The van der Waals surface area contributed by atoms with Gasteiger partial charge in [-0.3, -0.25) is 37.3 Å². The zero-order chi connectivity index (χ0) is 66.3. The van der Waals surface area contributed by atoms with E-state index in [0.29, 0.717) is 25.7 Å². The maximum absolute atomic E-state index is 13.0. The Kier molecular flexibility index (Phi) is 63.0. The normalized spacial score (nSPS) is 14.1. The first-order chi connectivity index (χ1) is 43.5. The fraction of sp³-hybridized carbons (Fsp3) is 0.944. The number of unbranched alkanes of at least 4 members (excludes halogenated alkanes) is 43. The summed E-state index contributed by atoms with van der Waals surface area (Å²) in [6, 6.07) is 0. The SMILES string of the molecule is CCCCCCCCCCCCCCC(=O)OC[C@H](COP(=O)(O)OC[C@@H](O)COP(=O)(O)OC[C@@H](COC(=O)CCCCCCCCCCCC)OC(=O)CCCCCCCCCCCC)OC(=O)CCCCCCCCCCCCCCCCCC(C)C. The molecule has 2 unspecified atom stereocenters. The van der Waals surface area contributed by atoms with Crippen LogP contribution in [0.3, 0.4) is 0 Å². The number of rotatable bonds is 71. The van der Waals surface area contributed by atoms with E-state index in [1.807, 2.05) is 0 Å². The fourth-order valence-electron chi connectivity index (χ4n) is 10.8. The van der Waals surface area contributed by atoms with Crippen LogP contribution in [0.5, 0.6) is 0 Å². The number of carbonyl (C=O) groups is 4. The molecule has 0 aromatic heterocycles. The minimum absolute atomic E-state index is 0.107. The largest absolute Gasteiger partial charge is 0.472 e. The van der Waals surface area contributed by atoms with Crippen LogP contribution in [-0.2, 0) is 65.4 Å². The van der Waals surface area contributed by atoms with Crippen molar-refractivity contribution < 1.29 is 80.2 Å². The van der Waals surface area contributed by atoms with Crippen LogP contribution < -0.4 is 0 Å². The fourth-order valence-corrected chi connectivity index (χ4v) is 12.4. The van der Waals surface area contributed by atoms with Crippen molar-refractivity contribution in [3.05, 3.63) is 0 Å². The van der Waals surface area contributed by atoms with E-state index in [4.69, 9.17) is 37.0 Å². The molecule has 3 N–H and O–H groups in total. The van der Waals surface area contributed by atoms with Gasteiger partial charge in [-0.25, -0.2) is 9.13 Å². The zero-order valence-corrected chi connectivity index (χ0v) is 60.1. The van der Waals surface area contributed by atoms with E-state index >= 15 is 0 Å². The van der Waals surface area contributed by atoms with Crippen molar-refractivity contribution in [2.45, 2.75) is 387 Å². The van der Waals surface area contributed by atoms with E-state index in [1.54, 1.807) is 0 Å². The van der Waals surface area contributed by atoms with Crippen LogP contribution in [0.15, 0.2) is 0 Å². The Morgan fingerprint density at radius 2 is 0.511 bits per heavy atom. The van der Waals surface area contributed by atoms with Gasteiger partial charge in [0.15, 0.2) is 12.2 Å². The molecule has 90 heavy (non-hydrogen) atoms. The lowest BCUT2D eigenvalue weighted by Gasteiger charge is -2.21. The first kappa shape index (κ1) is 88.1. The van der Waals surface area contributed by atoms with Gasteiger partial charge < -0.3 is 33.8 Å². The summed E-state index contributed by atoms with van der Waals surface area (Å²) in [5.74, 6) is -1.32. The molecule has 0 aromatic carbocycles. The van der Waals surface area contributed by atoms with Gasteiger partial charge in [-0.2, -0.15) is 0 Å². The van der Waals surface area contributed by atoms with Crippen LogP contribution in [0.2, 0.25) is 0 Å². The molecule has 0 amide bonds. The number of hydrogen-bond acceptors (Lipinski definition) is 15. The molecule has 0 saturated carbocycles. The highest BCUT2D eigenvalue weighted by molar-refractivity contribution is 7.47. The summed E-state index contributed by atoms with van der Waals surface area (Å²) in [4.78, 5) is 72.5. The van der Waals surface area contributed by atoms with Crippen molar-refractivity contribution >= 4 is 39.5 Å². The molecule has 0 aliphatic carbocycles. The minimum atomic E-state index is -4.95. The maximum atomic E-state index is 13.0. The maximum Gasteiger partial charge on any atom is 0.472 e. The number of ether oxygens (including phenoxy) is 4. The summed E-state index contributed by atoms with van der Waals surface area (Å²) in [5, 5.41) is 10.6. The first-order valence-electron chi connectivity index (χ1n) is 37.1. The lowest BCUT2D eigenvalue weighted by molar-refractivity contribution is -0.161. The van der Waals surface area contributed by atoms with Crippen molar-refractivity contribution in [2.75, 3.05) is 39.6 Å². The third kappa shape index (κ3) is 64.8. The molecule has 17 nitrogen and oxygen atoms in total. The van der Waals surface area contributed by atoms with E-state index in [0.717, 1.165) is 95.8 Å². The molecule has 0 rings (SSSR count). The van der Waals surface area contributed by atoms with E-state index in [9.17, 15) is 43.2 Å². The lowest BCUT2D eigenvalue weighted by Crippen LogP contribution is -2.30. The number of phosphoric acid groups is 2. The minimum Gasteiger partial charge on any atom is -0.462 e. The number of aliphatic hydroxyl groups is 1. The average Bonchev–Trinajstić information content (AvgIpc) is 3.49. The van der Waals surface area contributed by atoms with Crippen molar-refractivity contribution in [1.29, 1.82) is 0 Å². The lowest BCUT2D eigenvalue weighted by atomic mass is 10.0. The average molecular weight is 1330 g/mol. The van der Waals surface area contributed by atoms with Crippen LogP contribution in [0.1, 0.15) is 369 Å². The Bertz CT molecular complexity index is 1740. The zero-order valence-electron chi connectivity index (χ0n) is 58.3. The quantitative estimate of drug-likeness (QED) is 0.0222. The van der Waals surface area contributed by atoms with Crippen LogP contribution in [0.25, 0.3) is 0 Å². The Morgan fingerprint density at radius 3 is 0.756 bits per heavy atom. The second kappa shape index (κ2) is 64.4. The second-order valence-corrected chi connectivity index (χ2v) is 29.0. The standard InChI is InChI=1S/C71H138O17P2/c1-6-9-12-15-18-21-24-31-36-40-45-50-55-69(74)82-61-67(88-71(76)57-52-47-42-37-32-29-27-25-26-28-30-33-38-43-48-53-64(4)5)63-86-90(79,80)84-59-65(72)58-83-89(77,78)85-62-66(87-70(75)56-51-46-41-35-23-20-17-14-11-8-3)60-81-68(73)54-49-44-39-34-22-19-16-13-10-7-2/h64-67,72H,6-63H2,1-5H3,(H,77,78)(H,79,80)/t65-,66+,67+/m0/s1. The van der Waals surface area contributed by atoms with Gasteiger partial charge >= 0.3 is 39.5 Å². The Labute approximate surface area is 549 Å². The Hall–Kier alpha value is -1.94. The molecular formula is C71H138O17P2. The van der Waals surface area contributed by atoms with Gasteiger partial charge in [0.2, 0.25) is 0 Å². The summed E-state index contributed by atoms with van der Waals surface area (Å²) in [7, 11) is -9.90. The summed E-state index contributed by atoms with van der Waals surface area (Å²) in [6.45, 7) is 7.27. The smallest absolute Gasteiger partial charge is 0.462 e. The monoisotopic (exact) mass is 1320 g/mol. The summed E-state index contributed by atoms with van der Waals surface area (Å²) in [5.41, 5.74) is 0. The topological polar surface area (TPSA) is 237 Å². The summed E-state index contributed by atoms with van der Waals surface area (Å²) in [6.07, 6.45) is 51.2. The van der Waals surface area contributed by atoms with Crippen molar-refractivity contribution in [1.82, 2.24) is 0 Å². The number of phosphoric ester groups is 2. The van der Waals surface area contributed by atoms with Crippen LogP contribution in [0, 0.1) is 5.92 Å². The molecule has 19 heteroatoms. The summed E-state index contributed by atoms with van der Waals surface area (Å²) < 4.78 is 68.3.